The van der Waals surface area contributed by atoms with Crippen molar-refractivity contribution in [2.45, 2.75) is 25.0 Å². The molecule has 4 rings (SSSR count). The zero-order valence-electron chi connectivity index (χ0n) is 16.2. The lowest BCUT2D eigenvalue weighted by Gasteiger charge is -2.48. The Labute approximate surface area is 168 Å². The fraction of sp³-hybridized carbons (Fsp3) is 0.364. The third-order valence-corrected chi connectivity index (χ3v) is 5.79. The summed E-state index contributed by atoms with van der Waals surface area (Å²) >= 11 is 0. The molecule has 0 aromatic heterocycles. The van der Waals surface area contributed by atoms with Gasteiger partial charge in [-0.15, -0.1) is 0 Å². The van der Waals surface area contributed by atoms with E-state index in [1.807, 2.05) is 35.2 Å². The summed E-state index contributed by atoms with van der Waals surface area (Å²) in [5, 5.41) is 0. The van der Waals surface area contributed by atoms with Gasteiger partial charge in [0.15, 0.2) is 11.6 Å². The predicted molar refractivity (Wildman–Crippen MR) is 104 cm³/mol. The molecule has 2 heterocycles. The van der Waals surface area contributed by atoms with Gasteiger partial charge >= 0.3 is 0 Å². The Kier molecular flexibility index (Phi) is 5.32. The Morgan fingerprint density at radius 3 is 2.41 bits per heavy atom. The van der Waals surface area contributed by atoms with Crippen molar-refractivity contribution in [3.63, 3.8) is 0 Å². The van der Waals surface area contributed by atoms with Crippen molar-refractivity contribution in [3.05, 3.63) is 71.3 Å². The molecule has 0 unspecified atom stereocenters. The van der Waals surface area contributed by atoms with Crippen LogP contribution in [0.3, 0.4) is 0 Å². The van der Waals surface area contributed by atoms with Gasteiger partial charge in [-0.25, -0.2) is 8.78 Å². The van der Waals surface area contributed by atoms with E-state index in [0.717, 1.165) is 11.6 Å². The van der Waals surface area contributed by atoms with Crippen LogP contribution in [0.4, 0.5) is 8.78 Å². The van der Waals surface area contributed by atoms with Gasteiger partial charge in [-0.1, -0.05) is 36.4 Å². The summed E-state index contributed by atoms with van der Waals surface area (Å²) in [4.78, 5) is 31.3. The first-order valence-corrected chi connectivity index (χ1v) is 9.71. The summed E-state index contributed by atoms with van der Waals surface area (Å²) in [7, 11) is 1.68. The van der Waals surface area contributed by atoms with Crippen molar-refractivity contribution in [2.75, 3.05) is 26.7 Å². The van der Waals surface area contributed by atoms with E-state index in [-0.39, 0.29) is 11.8 Å². The summed E-state index contributed by atoms with van der Waals surface area (Å²) in [5.74, 6) is -1.87. The van der Waals surface area contributed by atoms with Gasteiger partial charge in [0.25, 0.3) is 0 Å². The van der Waals surface area contributed by atoms with E-state index in [9.17, 15) is 18.4 Å². The van der Waals surface area contributed by atoms with E-state index in [1.165, 1.54) is 6.07 Å². The normalized spacial score (nSPS) is 22.7. The number of amides is 2. The molecule has 2 aromatic rings. The molecule has 0 N–H and O–H groups in total. The number of hydrogen-bond acceptors (Lipinski definition) is 3. The summed E-state index contributed by atoms with van der Waals surface area (Å²) in [6, 6.07) is 12.5. The molecule has 2 fully saturated rings. The van der Waals surface area contributed by atoms with Gasteiger partial charge in [0.1, 0.15) is 12.1 Å². The van der Waals surface area contributed by atoms with Crippen LogP contribution in [-0.2, 0) is 22.6 Å². The second-order valence-electron chi connectivity index (χ2n) is 7.69. The molecule has 2 aliphatic rings. The zero-order chi connectivity index (χ0) is 20.5. The molecule has 0 radical (unpaired) electrons. The van der Waals surface area contributed by atoms with Gasteiger partial charge in [-0.05, 0) is 23.3 Å². The number of rotatable bonds is 4. The third-order valence-electron chi connectivity index (χ3n) is 5.79. The van der Waals surface area contributed by atoms with E-state index in [1.54, 1.807) is 22.9 Å². The standard InChI is InChI=1S/C22H23F2N3O2/c1-25-19(12-15-5-3-2-4-6-15)22(29)27-10-9-26(14-20(27)21(25)28)13-16-7-8-17(23)18(24)11-16/h2-8,11,19-20H,9-10,12-14H2,1H3/t19-,20+/m0/s1. The fourth-order valence-corrected chi connectivity index (χ4v) is 4.16. The summed E-state index contributed by atoms with van der Waals surface area (Å²) in [6.07, 6.45) is 0.490. The first-order chi connectivity index (χ1) is 13.9. The molecular weight excluding hydrogens is 376 g/mol. The first kappa shape index (κ1) is 19.5. The van der Waals surface area contributed by atoms with E-state index in [4.69, 9.17) is 0 Å². The molecule has 5 nitrogen and oxygen atoms in total. The molecule has 2 aliphatic heterocycles. The molecule has 2 aromatic carbocycles. The fourth-order valence-electron chi connectivity index (χ4n) is 4.16. The van der Waals surface area contributed by atoms with E-state index in [2.05, 4.69) is 0 Å². The maximum atomic E-state index is 13.5. The van der Waals surface area contributed by atoms with Gasteiger partial charge in [0, 0.05) is 39.6 Å². The second-order valence-corrected chi connectivity index (χ2v) is 7.69. The van der Waals surface area contributed by atoms with Crippen LogP contribution in [0.15, 0.2) is 48.5 Å². The second kappa shape index (κ2) is 7.91. The maximum Gasteiger partial charge on any atom is 0.247 e. The number of piperazine rings is 2. The quantitative estimate of drug-likeness (QED) is 0.791. The summed E-state index contributed by atoms with van der Waals surface area (Å²) < 4.78 is 26.6. The Balaban J connectivity index is 1.46. The molecular formula is C22H23F2N3O2. The summed E-state index contributed by atoms with van der Waals surface area (Å²) in [6.45, 7) is 1.81. The van der Waals surface area contributed by atoms with Crippen LogP contribution in [0.2, 0.25) is 0 Å². The topological polar surface area (TPSA) is 43.9 Å². The molecule has 152 valence electrons. The molecule has 0 bridgehead atoms. The minimum absolute atomic E-state index is 0.0339. The monoisotopic (exact) mass is 399 g/mol. The molecule has 2 amide bonds. The van der Waals surface area contributed by atoms with Crippen molar-refractivity contribution in [1.82, 2.24) is 14.7 Å². The largest absolute Gasteiger partial charge is 0.332 e. The van der Waals surface area contributed by atoms with Crippen molar-refractivity contribution < 1.29 is 18.4 Å². The number of fused-ring (bicyclic) bond motifs is 1. The highest BCUT2D eigenvalue weighted by atomic mass is 19.2. The van der Waals surface area contributed by atoms with Gasteiger partial charge in [0.2, 0.25) is 11.8 Å². The SMILES string of the molecule is CN1C(=O)[C@H]2CN(Cc3ccc(F)c(F)c3)CCN2C(=O)[C@@H]1Cc1ccccc1. The van der Waals surface area contributed by atoms with Gasteiger partial charge in [0.05, 0.1) is 0 Å². The molecule has 0 aliphatic carbocycles. The first-order valence-electron chi connectivity index (χ1n) is 9.71. The van der Waals surface area contributed by atoms with Gasteiger partial charge in [-0.3, -0.25) is 14.5 Å². The lowest BCUT2D eigenvalue weighted by Crippen LogP contribution is -2.69. The van der Waals surface area contributed by atoms with Crippen LogP contribution in [-0.4, -0.2) is 65.3 Å². The summed E-state index contributed by atoms with van der Waals surface area (Å²) in [5.41, 5.74) is 1.66. The number of carbonyl (C=O) groups is 2. The Hall–Kier alpha value is -2.80. The van der Waals surface area contributed by atoms with Crippen LogP contribution in [0.5, 0.6) is 0 Å². The highest BCUT2D eigenvalue weighted by molar-refractivity contribution is 5.97. The van der Waals surface area contributed by atoms with Crippen LogP contribution >= 0.6 is 0 Å². The van der Waals surface area contributed by atoms with Crippen LogP contribution < -0.4 is 0 Å². The number of halogens is 2. The Morgan fingerprint density at radius 1 is 0.931 bits per heavy atom. The number of hydrogen-bond donors (Lipinski definition) is 0. The zero-order valence-corrected chi connectivity index (χ0v) is 16.2. The lowest BCUT2D eigenvalue weighted by atomic mass is 9.97. The number of likely N-dealkylation sites (N-methyl/N-ethyl adjacent to an activating group) is 1. The average Bonchev–Trinajstić information content (AvgIpc) is 2.73. The molecule has 29 heavy (non-hydrogen) atoms. The number of carbonyl (C=O) groups excluding carboxylic acids is 2. The van der Waals surface area contributed by atoms with Crippen LogP contribution in [0.1, 0.15) is 11.1 Å². The van der Waals surface area contributed by atoms with E-state index >= 15 is 0 Å². The molecule has 2 saturated heterocycles. The van der Waals surface area contributed by atoms with Crippen LogP contribution in [0, 0.1) is 11.6 Å². The Bertz CT molecular complexity index is 922. The highest BCUT2D eigenvalue weighted by Gasteiger charge is 2.46. The van der Waals surface area contributed by atoms with E-state index in [0.29, 0.717) is 38.2 Å². The molecule has 7 heteroatoms. The van der Waals surface area contributed by atoms with Gasteiger partial charge in [-0.2, -0.15) is 0 Å². The van der Waals surface area contributed by atoms with E-state index < -0.39 is 23.7 Å². The highest BCUT2D eigenvalue weighted by Crippen LogP contribution is 2.24. The van der Waals surface area contributed by atoms with Crippen LogP contribution in [0.25, 0.3) is 0 Å². The number of nitrogens with zero attached hydrogens (tertiary/aromatic N) is 3. The third kappa shape index (κ3) is 3.87. The lowest BCUT2D eigenvalue weighted by molar-refractivity contribution is -0.164. The molecule has 2 atom stereocenters. The maximum absolute atomic E-state index is 13.5. The predicted octanol–water partition coefficient (Wildman–Crippen LogP) is 2.06. The minimum Gasteiger partial charge on any atom is -0.332 e. The molecule has 0 spiro atoms. The average molecular weight is 399 g/mol. The Morgan fingerprint density at radius 2 is 1.69 bits per heavy atom. The molecule has 0 saturated carbocycles. The van der Waals surface area contributed by atoms with Crippen molar-refractivity contribution in [1.29, 1.82) is 0 Å². The smallest absolute Gasteiger partial charge is 0.247 e. The van der Waals surface area contributed by atoms with Crippen molar-refractivity contribution >= 4 is 11.8 Å². The van der Waals surface area contributed by atoms with Gasteiger partial charge < -0.3 is 9.80 Å². The van der Waals surface area contributed by atoms with Crippen molar-refractivity contribution in [2.24, 2.45) is 0 Å². The van der Waals surface area contributed by atoms with Crippen molar-refractivity contribution in [3.8, 4) is 0 Å². The number of benzene rings is 2. The minimum atomic E-state index is -0.881.